The first-order valence-electron chi connectivity index (χ1n) is 6.94. The van der Waals surface area contributed by atoms with Crippen molar-refractivity contribution >= 4 is 12.0 Å². The van der Waals surface area contributed by atoms with E-state index in [-0.39, 0.29) is 12.1 Å². The molecule has 0 bridgehead atoms. The Labute approximate surface area is 113 Å². The van der Waals surface area contributed by atoms with Gasteiger partial charge in [0.1, 0.15) is 0 Å². The molecule has 1 aliphatic carbocycles. The van der Waals surface area contributed by atoms with E-state index >= 15 is 0 Å². The van der Waals surface area contributed by atoms with E-state index in [9.17, 15) is 9.59 Å². The van der Waals surface area contributed by atoms with E-state index in [2.05, 4.69) is 5.32 Å². The van der Waals surface area contributed by atoms with Crippen molar-refractivity contribution in [3.63, 3.8) is 0 Å². The number of carbonyl (C=O) groups excluding carboxylic acids is 1. The molecule has 1 saturated carbocycles. The minimum absolute atomic E-state index is 0.189. The van der Waals surface area contributed by atoms with Gasteiger partial charge in [-0.1, -0.05) is 0 Å². The number of nitrogens with one attached hydrogen (secondary N) is 1. The van der Waals surface area contributed by atoms with Gasteiger partial charge in [0.2, 0.25) is 0 Å². The Morgan fingerprint density at radius 3 is 2.68 bits per heavy atom. The first kappa shape index (κ1) is 14.1. The van der Waals surface area contributed by atoms with Crippen LogP contribution in [0.3, 0.4) is 0 Å². The Balaban J connectivity index is 1.63. The number of hydrogen-bond donors (Lipinski definition) is 2. The number of likely N-dealkylation sites (tertiary alicyclic amines) is 1. The lowest BCUT2D eigenvalue weighted by Crippen LogP contribution is -2.44. The molecule has 0 radical (unpaired) electrons. The molecular formula is C13H22N2O4. The monoisotopic (exact) mass is 270 g/mol. The van der Waals surface area contributed by atoms with E-state index in [1.54, 1.807) is 11.8 Å². The summed E-state index contributed by atoms with van der Waals surface area (Å²) in [6.45, 7) is 4.08. The highest BCUT2D eigenvalue weighted by Gasteiger charge is 2.37. The van der Waals surface area contributed by atoms with Gasteiger partial charge in [0.15, 0.2) is 0 Å². The van der Waals surface area contributed by atoms with E-state index in [0.29, 0.717) is 26.1 Å². The van der Waals surface area contributed by atoms with E-state index in [1.807, 2.05) is 0 Å². The van der Waals surface area contributed by atoms with Crippen molar-refractivity contribution in [1.29, 1.82) is 0 Å². The zero-order valence-corrected chi connectivity index (χ0v) is 11.3. The molecule has 2 amide bonds. The lowest BCUT2D eigenvalue weighted by atomic mass is 10.0. The van der Waals surface area contributed by atoms with Gasteiger partial charge in [-0.05, 0) is 32.1 Å². The minimum Gasteiger partial charge on any atom is -0.481 e. The van der Waals surface area contributed by atoms with Crippen molar-refractivity contribution in [3.05, 3.63) is 0 Å². The van der Waals surface area contributed by atoms with Crippen molar-refractivity contribution in [2.75, 3.05) is 26.3 Å². The van der Waals surface area contributed by atoms with Crippen LogP contribution in [0.4, 0.5) is 4.79 Å². The Bertz CT molecular complexity index is 344. The molecule has 2 aliphatic rings. The molecule has 0 aromatic heterocycles. The molecular weight excluding hydrogens is 248 g/mol. The summed E-state index contributed by atoms with van der Waals surface area (Å²) in [4.78, 5) is 24.5. The number of carboxylic acids is 1. The normalized spacial score (nSPS) is 26.5. The first-order chi connectivity index (χ1) is 9.09. The van der Waals surface area contributed by atoms with Gasteiger partial charge in [-0.3, -0.25) is 4.79 Å². The number of aliphatic carboxylic acids is 1. The van der Waals surface area contributed by atoms with Gasteiger partial charge in [-0.15, -0.1) is 0 Å². The summed E-state index contributed by atoms with van der Waals surface area (Å²) in [5.41, 5.74) is 0. The molecule has 0 aromatic carbocycles. The van der Waals surface area contributed by atoms with Crippen LogP contribution in [0.2, 0.25) is 0 Å². The van der Waals surface area contributed by atoms with E-state index in [1.165, 1.54) is 12.8 Å². The quantitative estimate of drug-likeness (QED) is 0.703. The number of carbonyl (C=O) groups is 2. The van der Waals surface area contributed by atoms with Crippen molar-refractivity contribution in [2.24, 2.45) is 11.8 Å². The summed E-state index contributed by atoms with van der Waals surface area (Å²) in [5, 5.41) is 11.8. The summed E-state index contributed by atoms with van der Waals surface area (Å²) in [7, 11) is 0. The van der Waals surface area contributed by atoms with Gasteiger partial charge in [-0.25, -0.2) is 4.79 Å². The Hall–Kier alpha value is -1.30. The predicted octanol–water partition coefficient (Wildman–Crippen LogP) is 0.918. The van der Waals surface area contributed by atoms with Crippen LogP contribution in [0, 0.1) is 11.8 Å². The van der Waals surface area contributed by atoms with Gasteiger partial charge >= 0.3 is 12.0 Å². The van der Waals surface area contributed by atoms with Crippen molar-refractivity contribution < 1.29 is 19.4 Å². The van der Waals surface area contributed by atoms with Crippen LogP contribution >= 0.6 is 0 Å². The number of hydrogen-bond acceptors (Lipinski definition) is 3. The zero-order chi connectivity index (χ0) is 13.8. The van der Waals surface area contributed by atoms with Crippen LogP contribution in [0.25, 0.3) is 0 Å². The summed E-state index contributed by atoms with van der Waals surface area (Å²) in [6, 6.07) is -0.434. The third-order valence-electron chi connectivity index (χ3n) is 3.91. The third-order valence-corrected chi connectivity index (χ3v) is 3.91. The van der Waals surface area contributed by atoms with Crippen molar-refractivity contribution in [2.45, 2.75) is 32.2 Å². The second-order valence-electron chi connectivity index (χ2n) is 5.42. The maximum atomic E-state index is 11.9. The van der Waals surface area contributed by atoms with E-state index in [0.717, 1.165) is 12.5 Å². The average molecular weight is 270 g/mol. The lowest BCUT2D eigenvalue weighted by Gasteiger charge is -2.23. The summed E-state index contributed by atoms with van der Waals surface area (Å²) >= 11 is 0. The first-order valence-corrected chi connectivity index (χ1v) is 6.94. The standard InChI is InChI=1S/C13H22N2O4/c1-9-11(12(16)17)4-6-15(9)13(18)14-5-7-19-8-10-2-3-10/h9-11H,2-8H2,1H3,(H,14,18)(H,16,17). The van der Waals surface area contributed by atoms with Crippen LogP contribution in [0.5, 0.6) is 0 Å². The summed E-state index contributed by atoms with van der Waals surface area (Å²) in [5.74, 6) is -0.543. The molecule has 2 N–H and O–H groups in total. The maximum absolute atomic E-state index is 11.9. The second kappa shape index (κ2) is 6.23. The minimum atomic E-state index is -0.824. The number of amides is 2. The molecule has 0 spiro atoms. The SMILES string of the molecule is CC1C(C(=O)O)CCN1C(=O)NCCOCC1CC1. The van der Waals surface area contributed by atoms with Crippen LogP contribution in [-0.2, 0) is 9.53 Å². The molecule has 1 heterocycles. The Kier molecular flexibility index (Phi) is 4.63. The molecule has 0 aromatic rings. The predicted molar refractivity (Wildman–Crippen MR) is 68.9 cm³/mol. The smallest absolute Gasteiger partial charge is 0.317 e. The fraction of sp³-hybridized carbons (Fsp3) is 0.846. The van der Waals surface area contributed by atoms with Crippen molar-refractivity contribution in [1.82, 2.24) is 10.2 Å². The second-order valence-corrected chi connectivity index (χ2v) is 5.42. The molecule has 6 nitrogen and oxygen atoms in total. The topological polar surface area (TPSA) is 78.9 Å². The molecule has 1 aliphatic heterocycles. The van der Waals surface area contributed by atoms with Crippen molar-refractivity contribution in [3.8, 4) is 0 Å². The molecule has 2 rings (SSSR count). The largest absolute Gasteiger partial charge is 0.481 e. The van der Waals surface area contributed by atoms with E-state index in [4.69, 9.17) is 9.84 Å². The number of nitrogens with zero attached hydrogens (tertiary/aromatic N) is 1. The number of carboxylic acid groups (broad SMARTS) is 1. The molecule has 1 saturated heterocycles. The number of ether oxygens (including phenoxy) is 1. The third kappa shape index (κ3) is 3.83. The maximum Gasteiger partial charge on any atom is 0.317 e. The molecule has 2 fully saturated rings. The fourth-order valence-corrected chi connectivity index (χ4v) is 2.42. The molecule has 2 atom stereocenters. The summed E-state index contributed by atoms with van der Waals surface area (Å²) < 4.78 is 5.43. The number of rotatable bonds is 6. The van der Waals surface area contributed by atoms with Crippen LogP contribution in [-0.4, -0.2) is 54.4 Å². The number of urea groups is 1. The van der Waals surface area contributed by atoms with Gasteiger partial charge in [0, 0.05) is 25.7 Å². The molecule has 108 valence electrons. The highest BCUT2D eigenvalue weighted by Crippen LogP contribution is 2.28. The molecule has 6 heteroatoms. The van der Waals surface area contributed by atoms with Crippen LogP contribution in [0.15, 0.2) is 0 Å². The zero-order valence-electron chi connectivity index (χ0n) is 11.3. The fourth-order valence-electron chi connectivity index (χ4n) is 2.42. The van der Waals surface area contributed by atoms with Gasteiger partial charge in [0.25, 0.3) is 0 Å². The Morgan fingerprint density at radius 2 is 2.11 bits per heavy atom. The van der Waals surface area contributed by atoms with Crippen LogP contribution in [0.1, 0.15) is 26.2 Å². The molecule has 19 heavy (non-hydrogen) atoms. The van der Waals surface area contributed by atoms with Crippen LogP contribution < -0.4 is 5.32 Å². The van der Waals surface area contributed by atoms with E-state index < -0.39 is 11.9 Å². The summed E-state index contributed by atoms with van der Waals surface area (Å²) in [6.07, 6.45) is 3.05. The Morgan fingerprint density at radius 1 is 1.37 bits per heavy atom. The van der Waals surface area contributed by atoms with Gasteiger partial charge in [0.05, 0.1) is 12.5 Å². The van der Waals surface area contributed by atoms with Gasteiger partial charge in [-0.2, -0.15) is 0 Å². The average Bonchev–Trinajstić information content (AvgIpc) is 3.09. The highest BCUT2D eigenvalue weighted by molar-refractivity contribution is 5.78. The highest BCUT2D eigenvalue weighted by atomic mass is 16.5. The lowest BCUT2D eigenvalue weighted by molar-refractivity contribution is -0.142. The van der Waals surface area contributed by atoms with Gasteiger partial charge < -0.3 is 20.1 Å². The molecule has 2 unspecified atom stereocenters.